The van der Waals surface area contributed by atoms with Gasteiger partial charge in [0.05, 0.1) is 23.1 Å². The van der Waals surface area contributed by atoms with E-state index in [9.17, 15) is 15.2 Å². The van der Waals surface area contributed by atoms with Gasteiger partial charge in [0.15, 0.2) is 0 Å². The lowest BCUT2D eigenvalue weighted by atomic mass is 9.92. The molecule has 1 aliphatic rings. The van der Waals surface area contributed by atoms with Crippen molar-refractivity contribution in [1.29, 1.82) is 0 Å². The monoisotopic (exact) mass is 350 g/mol. The number of rotatable bonds is 5. The minimum atomic E-state index is -0.472. The van der Waals surface area contributed by atoms with Crippen molar-refractivity contribution in [3.63, 3.8) is 0 Å². The Morgan fingerprint density at radius 2 is 2.08 bits per heavy atom. The number of nitro groups is 1. The third kappa shape index (κ3) is 3.77. The van der Waals surface area contributed by atoms with Crippen LogP contribution in [-0.4, -0.2) is 22.2 Å². The van der Waals surface area contributed by atoms with Gasteiger partial charge < -0.3 is 14.8 Å². The first-order chi connectivity index (χ1) is 11.5. The minimum Gasteiger partial charge on any atom is -0.459 e. The highest BCUT2D eigenvalue weighted by Gasteiger charge is 2.23. The van der Waals surface area contributed by atoms with Gasteiger partial charge >= 0.3 is 0 Å². The Bertz CT molecular complexity index is 731. The third-order valence-electron chi connectivity index (χ3n) is 4.35. The van der Waals surface area contributed by atoms with Crippen LogP contribution in [0, 0.1) is 10.1 Å². The van der Waals surface area contributed by atoms with Crippen LogP contribution in [0.1, 0.15) is 31.4 Å². The maximum absolute atomic E-state index is 11.2. The molecule has 0 spiro atoms. The number of halogens is 1. The number of nitrogens with one attached hydrogen (secondary N) is 1. The fourth-order valence-corrected chi connectivity index (χ4v) is 3.23. The van der Waals surface area contributed by atoms with Crippen molar-refractivity contribution in [2.75, 3.05) is 0 Å². The van der Waals surface area contributed by atoms with Gasteiger partial charge in [-0.3, -0.25) is 10.1 Å². The zero-order valence-electron chi connectivity index (χ0n) is 13.1. The number of benzene rings is 1. The van der Waals surface area contributed by atoms with E-state index in [1.807, 2.05) is 0 Å². The summed E-state index contributed by atoms with van der Waals surface area (Å²) in [5.41, 5.74) is 0.312. The summed E-state index contributed by atoms with van der Waals surface area (Å²) in [5, 5.41) is 24.8. The zero-order chi connectivity index (χ0) is 17.1. The van der Waals surface area contributed by atoms with Gasteiger partial charge in [0.1, 0.15) is 11.5 Å². The van der Waals surface area contributed by atoms with Crippen LogP contribution in [0.2, 0.25) is 5.02 Å². The zero-order valence-corrected chi connectivity index (χ0v) is 13.8. The topological polar surface area (TPSA) is 88.5 Å². The number of hydrogen-bond acceptors (Lipinski definition) is 5. The van der Waals surface area contributed by atoms with Crippen LogP contribution in [0.3, 0.4) is 0 Å². The van der Waals surface area contributed by atoms with E-state index < -0.39 is 4.92 Å². The molecule has 2 aromatic rings. The van der Waals surface area contributed by atoms with Crippen molar-refractivity contribution in [2.24, 2.45) is 0 Å². The van der Waals surface area contributed by atoms with E-state index in [1.165, 1.54) is 6.07 Å². The molecule has 2 unspecified atom stereocenters. The predicted molar refractivity (Wildman–Crippen MR) is 90.9 cm³/mol. The molecule has 2 atom stereocenters. The third-order valence-corrected chi connectivity index (χ3v) is 4.59. The van der Waals surface area contributed by atoms with Crippen LogP contribution in [0.25, 0.3) is 11.3 Å². The Balaban J connectivity index is 1.73. The highest BCUT2D eigenvalue weighted by Crippen LogP contribution is 2.33. The van der Waals surface area contributed by atoms with E-state index in [4.69, 9.17) is 16.0 Å². The first kappa shape index (κ1) is 17.0. The summed E-state index contributed by atoms with van der Waals surface area (Å²) in [7, 11) is 0. The van der Waals surface area contributed by atoms with Crippen LogP contribution in [-0.2, 0) is 6.54 Å². The lowest BCUT2D eigenvalue weighted by Crippen LogP contribution is -2.41. The van der Waals surface area contributed by atoms with Crippen LogP contribution in [0.4, 0.5) is 5.69 Å². The molecule has 1 fully saturated rings. The summed E-state index contributed by atoms with van der Waals surface area (Å²) in [5.74, 6) is 1.10. The van der Waals surface area contributed by atoms with Crippen molar-refractivity contribution in [3.8, 4) is 11.3 Å². The number of aliphatic hydroxyl groups is 1. The van der Waals surface area contributed by atoms with E-state index in [1.54, 1.807) is 24.3 Å². The second-order valence-electron chi connectivity index (χ2n) is 6.02. The lowest BCUT2D eigenvalue weighted by molar-refractivity contribution is -0.384. The molecule has 2 N–H and O–H groups in total. The molecule has 1 heterocycles. The maximum atomic E-state index is 11.2. The molecule has 0 amide bonds. The molecule has 7 heteroatoms. The molecule has 24 heavy (non-hydrogen) atoms. The molecule has 3 rings (SSSR count). The normalized spacial score (nSPS) is 20.9. The number of furan rings is 1. The highest BCUT2D eigenvalue weighted by atomic mass is 35.5. The number of nitro benzene ring substituents is 1. The van der Waals surface area contributed by atoms with E-state index in [-0.39, 0.29) is 17.8 Å². The van der Waals surface area contributed by atoms with E-state index >= 15 is 0 Å². The van der Waals surface area contributed by atoms with Gasteiger partial charge in [-0.25, -0.2) is 0 Å². The molecule has 0 saturated heterocycles. The van der Waals surface area contributed by atoms with Gasteiger partial charge in [0.2, 0.25) is 0 Å². The van der Waals surface area contributed by atoms with Gasteiger partial charge in [0.25, 0.3) is 5.69 Å². The summed E-state index contributed by atoms with van der Waals surface area (Å²) < 4.78 is 5.74. The summed E-state index contributed by atoms with van der Waals surface area (Å²) in [6.45, 7) is 0.475. The maximum Gasteiger partial charge on any atom is 0.281 e. The van der Waals surface area contributed by atoms with Crippen molar-refractivity contribution >= 4 is 17.3 Å². The summed E-state index contributed by atoms with van der Waals surface area (Å²) in [6, 6.07) is 8.07. The fraction of sp³-hybridized carbons (Fsp3) is 0.412. The fourth-order valence-electron chi connectivity index (χ4n) is 3.06. The molecule has 0 radical (unpaired) electrons. The smallest absolute Gasteiger partial charge is 0.281 e. The van der Waals surface area contributed by atoms with Crippen molar-refractivity contribution in [1.82, 2.24) is 5.32 Å². The largest absolute Gasteiger partial charge is 0.459 e. The van der Waals surface area contributed by atoms with Crippen molar-refractivity contribution in [2.45, 2.75) is 44.4 Å². The van der Waals surface area contributed by atoms with E-state index in [0.717, 1.165) is 25.7 Å². The van der Waals surface area contributed by atoms with Gasteiger partial charge in [0, 0.05) is 17.1 Å². The quantitative estimate of drug-likeness (QED) is 0.630. The Morgan fingerprint density at radius 3 is 2.83 bits per heavy atom. The van der Waals surface area contributed by atoms with Crippen molar-refractivity contribution < 1.29 is 14.4 Å². The molecular weight excluding hydrogens is 332 g/mol. The van der Waals surface area contributed by atoms with Crippen LogP contribution >= 0.6 is 11.6 Å². The molecule has 128 valence electrons. The first-order valence-corrected chi connectivity index (χ1v) is 8.37. The Kier molecular flexibility index (Phi) is 5.18. The second-order valence-corrected chi connectivity index (χ2v) is 6.46. The predicted octanol–water partition coefficient (Wildman–Crippen LogP) is 3.90. The van der Waals surface area contributed by atoms with E-state index in [0.29, 0.717) is 28.7 Å². The van der Waals surface area contributed by atoms with Crippen LogP contribution < -0.4 is 5.32 Å². The summed E-state index contributed by atoms with van der Waals surface area (Å²) in [4.78, 5) is 10.7. The van der Waals surface area contributed by atoms with Gasteiger partial charge in [-0.1, -0.05) is 24.4 Å². The van der Waals surface area contributed by atoms with Gasteiger partial charge in [-0.2, -0.15) is 0 Å². The Hall–Kier alpha value is -1.89. The van der Waals surface area contributed by atoms with Gasteiger partial charge in [-0.05, 0) is 37.1 Å². The first-order valence-electron chi connectivity index (χ1n) is 7.99. The van der Waals surface area contributed by atoms with Crippen molar-refractivity contribution in [3.05, 3.63) is 51.2 Å². The molecule has 1 aliphatic carbocycles. The molecule has 1 saturated carbocycles. The molecule has 1 aromatic carbocycles. The molecule has 0 bridgehead atoms. The second kappa shape index (κ2) is 7.34. The van der Waals surface area contributed by atoms with Gasteiger partial charge in [-0.15, -0.1) is 0 Å². The molecule has 1 aromatic heterocycles. The molecular formula is C17H19ClN2O4. The number of nitrogens with zero attached hydrogens (tertiary/aromatic N) is 1. The number of aliphatic hydroxyl groups excluding tert-OH is 1. The summed E-state index contributed by atoms with van der Waals surface area (Å²) in [6.07, 6.45) is 3.60. The number of hydrogen-bond donors (Lipinski definition) is 2. The SMILES string of the molecule is O=[N+]([O-])c1cc(Cl)ccc1-c1ccc(CNC2CCCCC2O)o1. The van der Waals surface area contributed by atoms with Crippen LogP contribution in [0.15, 0.2) is 34.7 Å². The van der Waals surface area contributed by atoms with E-state index in [2.05, 4.69) is 5.32 Å². The molecule has 6 nitrogen and oxygen atoms in total. The molecule has 0 aliphatic heterocycles. The lowest BCUT2D eigenvalue weighted by Gasteiger charge is -2.28. The Labute approximate surface area is 144 Å². The minimum absolute atomic E-state index is 0.0668. The standard InChI is InChI=1S/C17H19ClN2O4/c18-11-5-7-13(15(9-11)20(22)23)17-8-6-12(24-17)10-19-14-3-1-2-4-16(14)21/h5-9,14,16,19,21H,1-4,10H2. The van der Waals surface area contributed by atoms with Crippen LogP contribution in [0.5, 0.6) is 0 Å². The average Bonchev–Trinajstić information content (AvgIpc) is 3.02. The summed E-state index contributed by atoms with van der Waals surface area (Å²) >= 11 is 5.83. The Morgan fingerprint density at radius 1 is 1.29 bits per heavy atom. The highest BCUT2D eigenvalue weighted by molar-refractivity contribution is 6.30. The average molecular weight is 351 g/mol.